The Morgan fingerprint density at radius 3 is 2.09 bits per heavy atom. The maximum absolute atomic E-state index is 4.79. The maximum atomic E-state index is 4.79. The first-order chi connectivity index (χ1) is 11.4. The molecular weight excluding hydrogens is 282 g/mol. The van der Waals surface area contributed by atoms with Crippen molar-refractivity contribution < 1.29 is 0 Å². The van der Waals surface area contributed by atoms with Crippen LogP contribution in [0.4, 0.5) is 5.69 Å². The number of likely N-dealkylation sites (tertiary alicyclic amines) is 1. The molecule has 1 aliphatic heterocycles. The van der Waals surface area contributed by atoms with Crippen LogP contribution in [0.3, 0.4) is 0 Å². The highest BCUT2D eigenvalue weighted by Gasteiger charge is 2.11. The van der Waals surface area contributed by atoms with Crippen molar-refractivity contribution in [2.75, 3.05) is 31.5 Å². The molecule has 118 valence electrons. The molecule has 0 atom stereocenters. The second kappa shape index (κ2) is 6.55. The summed E-state index contributed by atoms with van der Waals surface area (Å²) >= 11 is 0. The van der Waals surface area contributed by atoms with Gasteiger partial charge in [0.2, 0.25) is 0 Å². The van der Waals surface area contributed by atoms with Crippen LogP contribution in [0.25, 0.3) is 21.8 Å². The number of pyridine rings is 1. The Labute approximate surface area is 137 Å². The van der Waals surface area contributed by atoms with Crippen molar-refractivity contribution in [3.05, 3.63) is 48.5 Å². The molecular formula is C20H23N3. The van der Waals surface area contributed by atoms with Gasteiger partial charge in [-0.15, -0.1) is 0 Å². The van der Waals surface area contributed by atoms with E-state index < -0.39 is 0 Å². The summed E-state index contributed by atoms with van der Waals surface area (Å²) in [4.78, 5) is 7.36. The lowest BCUT2D eigenvalue weighted by Crippen LogP contribution is -2.33. The minimum atomic E-state index is 0.984. The summed E-state index contributed by atoms with van der Waals surface area (Å²) in [5.74, 6) is 0. The van der Waals surface area contributed by atoms with Gasteiger partial charge in [-0.2, -0.15) is 0 Å². The summed E-state index contributed by atoms with van der Waals surface area (Å²) in [5, 5.41) is 6.12. The second-order valence-electron chi connectivity index (χ2n) is 6.35. The quantitative estimate of drug-likeness (QED) is 0.729. The van der Waals surface area contributed by atoms with Crippen LogP contribution in [-0.4, -0.2) is 36.1 Å². The first kappa shape index (κ1) is 14.5. The minimum Gasteiger partial charge on any atom is -0.383 e. The summed E-state index contributed by atoms with van der Waals surface area (Å²) in [6, 6.07) is 16.8. The van der Waals surface area contributed by atoms with E-state index in [-0.39, 0.29) is 0 Å². The summed E-state index contributed by atoms with van der Waals surface area (Å²) in [6.45, 7) is 4.60. The molecule has 23 heavy (non-hydrogen) atoms. The summed E-state index contributed by atoms with van der Waals surface area (Å²) < 4.78 is 0. The molecule has 1 saturated heterocycles. The van der Waals surface area contributed by atoms with Crippen molar-refractivity contribution in [2.24, 2.45) is 0 Å². The Morgan fingerprint density at radius 2 is 1.43 bits per heavy atom. The normalized spacial score (nSPS) is 16.0. The monoisotopic (exact) mass is 305 g/mol. The molecule has 0 saturated carbocycles. The van der Waals surface area contributed by atoms with Gasteiger partial charge in [0.05, 0.1) is 16.7 Å². The van der Waals surface area contributed by atoms with E-state index >= 15 is 0 Å². The van der Waals surface area contributed by atoms with Gasteiger partial charge in [0.1, 0.15) is 0 Å². The second-order valence-corrected chi connectivity index (χ2v) is 6.35. The molecule has 3 heteroatoms. The molecule has 0 amide bonds. The number of anilines is 1. The van der Waals surface area contributed by atoms with Gasteiger partial charge >= 0.3 is 0 Å². The van der Waals surface area contributed by atoms with Crippen molar-refractivity contribution in [1.82, 2.24) is 9.88 Å². The molecule has 1 N–H and O–H groups in total. The van der Waals surface area contributed by atoms with Crippen LogP contribution in [0.1, 0.15) is 19.3 Å². The molecule has 0 radical (unpaired) electrons. The molecule has 0 unspecified atom stereocenters. The third-order valence-electron chi connectivity index (χ3n) is 4.77. The Kier molecular flexibility index (Phi) is 4.12. The topological polar surface area (TPSA) is 28.2 Å². The van der Waals surface area contributed by atoms with Gasteiger partial charge in [-0.1, -0.05) is 42.8 Å². The number of piperidine rings is 1. The van der Waals surface area contributed by atoms with Gasteiger partial charge in [-0.25, -0.2) is 4.98 Å². The summed E-state index contributed by atoms with van der Waals surface area (Å²) in [6.07, 6.45) is 4.09. The van der Waals surface area contributed by atoms with Crippen LogP contribution >= 0.6 is 0 Å². The van der Waals surface area contributed by atoms with Gasteiger partial charge in [-0.3, -0.25) is 0 Å². The van der Waals surface area contributed by atoms with Crippen LogP contribution in [0, 0.1) is 0 Å². The molecule has 2 aromatic carbocycles. The molecule has 3 nitrogen and oxygen atoms in total. The van der Waals surface area contributed by atoms with Crippen LogP contribution in [0.5, 0.6) is 0 Å². The molecule has 1 aromatic heterocycles. The van der Waals surface area contributed by atoms with E-state index in [1.54, 1.807) is 0 Å². The van der Waals surface area contributed by atoms with E-state index in [2.05, 4.69) is 58.7 Å². The number of aromatic nitrogens is 1. The SMILES string of the molecule is c1ccc2c(NCCN3CCCCC3)c3ccccc3nc2c1. The fourth-order valence-corrected chi connectivity index (χ4v) is 3.55. The zero-order valence-electron chi connectivity index (χ0n) is 13.5. The molecule has 1 aliphatic rings. The van der Waals surface area contributed by atoms with E-state index in [4.69, 9.17) is 4.98 Å². The van der Waals surface area contributed by atoms with E-state index in [0.29, 0.717) is 0 Å². The zero-order valence-corrected chi connectivity index (χ0v) is 13.5. The van der Waals surface area contributed by atoms with Crippen LogP contribution < -0.4 is 5.32 Å². The molecule has 4 rings (SSSR count). The third-order valence-corrected chi connectivity index (χ3v) is 4.77. The average molecular weight is 305 g/mol. The first-order valence-corrected chi connectivity index (χ1v) is 8.65. The fourth-order valence-electron chi connectivity index (χ4n) is 3.55. The van der Waals surface area contributed by atoms with Crippen molar-refractivity contribution in [3.63, 3.8) is 0 Å². The van der Waals surface area contributed by atoms with Gasteiger partial charge in [-0.05, 0) is 38.1 Å². The lowest BCUT2D eigenvalue weighted by molar-refractivity contribution is 0.237. The van der Waals surface area contributed by atoms with Gasteiger partial charge in [0.25, 0.3) is 0 Å². The lowest BCUT2D eigenvalue weighted by Gasteiger charge is -2.26. The number of fused-ring (bicyclic) bond motifs is 2. The Morgan fingerprint density at radius 1 is 0.826 bits per heavy atom. The van der Waals surface area contributed by atoms with Crippen molar-refractivity contribution in [1.29, 1.82) is 0 Å². The van der Waals surface area contributed by atoms with E-state index in [1.165, 1.54) is 48.8 Å². The number of para-hydroxylation sites is 2. The van der Waals surface area contributed by atoms with Crippen LogP contribution in [0.15, 0.2) is 48.5 Å². The van der Waals surface area contributed by atoms with Crippen molar-refractivity contribution in [3.8, 4) is 0 Å². The van der Waals surface area contributed by atoms with Crippen molar-refractivity contribution >= 4 is 27.5 Å². The molecule has 3 aromatic rings. The molecule has 1 fully saturated rings. The predicted octanol–water partition coefficient (Wildman–Crippen LogP) is 4.29. The standard InChI is InChI=1S/C20H23N3/c1-6-13-23(14-7-1)15-12-21-20-16-8-2-4-10-18(16)22-19-11-5-3-9-17(19)20/h2-5,8-11H,1,6-7,12-15H2,(H,21,22). The lowest BCUT2D eigenvalue weighted by atomic mass is 10.1. The molecule has 0 aliphatic carbocycles. The molecule has 0 bridgehead atoms. The smallest absolute Gasteiger partial charge is 0.0730 e. The number of nitrogens with zero attached hydrogens (tertiary/aromatic N) is 2. The highest BCUT2D eigenvalue weighted by molar-refractivity contribution is 6.07. The summed E-state index contributed by atoms with van der Waals surface area (Å²) in [5.41, 5.74) is 3.35. The van der Waals surface area contributed by atoms with Crippen LogP contribution in [0.2, 0.25) is 0 Å². The van der Waals surface area contributed by atoms with Gasteiger partial charge < -0.3 is 10.2 Å². The summed E-state index contributed by atoms with van der Waals surface area (Å²) in [7, 11) is 0. The first-order valence-electron chi connectivity index (χ1n) is 8.65. The number of nitrogens with one attached hydrogen (secondary N) is 1. The predicted molar refractivity (Wildman–Crippen MR) is 98.0 cm³/mol. The Balaban J connectivity index is 1.63. The zero-order chi connectivity index (χ0) is 15.5. The van der Waals surface area contributed by atoms with E-state index in [1.807, 2.05) is 0 Å². The van der Waals surface area contributed by atoms with Crippen LogP contribution in [-0.2, 0) is 0 Å². The number of hydrogen-bond donors (Lipinski definition) is 1. The van der Waals surface area contributed by atoms with Gasteiger partial charge in [0.15, 0.2) is 0 Å². The maximum Gasteiger partial charge on any atom is 0.0730 e. The average Bonchev–Trinajstić information content (AvgIpc) is 2.62. The highest BCUT2D eigenvalue weighted by atomic mass is 15.1. The third kappa shape index (κ3) is 3.02. The number of rotatable bonds is 4. The van der Waals surface area contributed by atoms with Gasteiger partial charge in [0, 0.05) is 23.9 Å². The Bertz CT molecular complexity index is 752. The highest BCUT2D eigenvalue weighted by Crippen LogP contribution is 2.30. The van der Waals surface area contributed by atoms with Crippen molar-refractivity contribution in [2.45, 2.75) is 19.3 Å². The largest absolute Gasteiger partial charge is 0.383 e. The van der Waals surface area contributed by atoms with E-state index in [0.717, 1.165) is 24.1 Å². The number of benzene rings is 2. The fraction of sp³-hybridized carbons (Fsp3) is 0.350. The number of hydrogen-bond acceptors (Lipinski definition) is 3. The Hall–Kier alpha value is -2.13. The molecule has 2 heterocycles. The molecule has 0 spiro atoms. The minimum absolute atomic E-state index is 0.984. The van der Waals surface area contributed by atoms with E-state index in [9.17, 15) is 0 Å².